The number of carbonyl (C=O) groups is 2. The summed E-state index contributed by atoms with van der Waals surface area (Å²) in [5, 5.41) is 9.18. The molecule has 0 heterocycles. The average molecular weight is 372 g/mol. The monoisotopic (exact) mass is 372 g/mol. The fourth-order valence-corrected chi connectivity index (χ4v) is 2.42. The molecule has 0 atom stereocenters. The Labute approximate surface area is 158 Å². The lowest BCUT2D eigenvalue weighted by Crippen LogP contribution is -2.21. The third-order valence-electron chi connectivity index (χ3n) is 4.19. The lowest BCUT2D eigenvalue weighted by Gasteiger charge is -2.25. The number of methoxy groups -OCH3 is 2. The molecule has 144 valence electrons. The fraction of sp³-hybridized carbons (Fsp3) is 0.333. The van der Waals surface area contributed by atoms with Crippen molar-refractivity contribution in [2.45, 2.75) is 32.0 Å². The zero-order chi connectivity index (χ0) is 19.6. The van der Waals surface area contributed by atoms with Gasteiger partial charge in [-0.1, -0.05) is 30.3 Å². The minimum absolute atomic E-state index is 0.0237. The largest absolute Gasteiger partial charge is 0.508 e. The van der Waals surface area contributed by atoms with Gasteiger partial charge in [0.15, 0.2) is 0 Å². The third kappa shape index (κ3) is 6.11. The first kappa shape index (κ1) is 20.5. The molecule has 1 fully saturated rings. The Morgan fingerprint density at radius 3 is 2.15 bits per heavy atom. The summed E-state index contributed by atoms with van der Waals surface area (Å²) in [5.74, 6) is -1.48. The van der Waals surface area contributed by atoms with Gasteiger partial charge >= 0.3 is 11.9 Å². The highest BCUT2D eigenvalue weighted by Gasteiger charge is 2.18. The number of phenolic OH excluding ortho intramolecular Hbond substituents is 1. The van der Waals surface area contributed by atoms with Gasteiger partial charge in [-0.2, -0.15) is 0 Å². The van der Waals surface area contributed by atoms with Gasteiger partial charge in [0.2, 0.25) is 0 Å². The number of ether oxygens (including phenoxy) is 3. The number of esters is 2. The number of hydrogen-bond acceptors (Lipinski definition) is 6. The molecule has 27 heavy (non-hydrogen) atoms. The molecule has 0 bridgehead atoms. The summed E-state index contributed by atoms with van der Waals surface area (Å²) in [7, 11) is 2.39. The molecule has 2 aromatic carbocycles. The molecule has 0 radical (unpaired) electrons. The Bertz CT molecular complexity index is 753. The van der Waals surface area contributed by atoms with Gasteiger partial charge in [-0.25, -0.2) is 9.59 Å². The van der Waals surface area contributed by atoms with Crippen LogP contribution in [0.15, 0.2) is 48.5 Å². The van der Waals surface area contributed by atoms with E-state index in [1.54, 1.807) is 0 Å². The predicted molar refractivity (Wildman–Crippen MR) is 99.7 cm³/mol. The highest BCUT2D eigenvalue weighted by Crippen LogP contribution is 2.23. The average Bonchev–Trinajstić information content (AvgIpc) is 2.67. The standard InChI is InChI=1S/C11H14O.C10H10O5/c1-2-5-10(6-3-1)9-12-11-7-4-8-11;1-14-9(12)7-4-3-6(11)5-8(7)10(13)15-2/h1-3,5-6,11H,4,7-9H2;3-5,11H,1-2H3. The van der Waals surface area contributed by atoms with Crippen molar-refractivity contribution in [2.75, 3.05) is 14.2 Å². The first-order valence-corrected chi connectivity index (χ1v) is 8.70. The van der Waals surface area contributed by atoms with Gasteiger partial charge in [-0.05, 0) is 43.0 Å². The third-order valence-corrected chi connectivity index (χ3v) is 4.19. The normalized spacial score (nSPS) is 13.0. The van der Waals surface area contributed by atoms with Crippen LogP contribution < -0.4 is 0 Å². The molecule has 6 heteroatoms. The van der Waals surface area contributed by atoms with E-state index in [0.29, 0.717) is 6.10 Å². The molecule has 0 aliphatic heterocycles. The Morgan fingerprint density at radius 1 is 0.963 bits per heavy atom. The topological polar surface area (TPSA) is 82.1 Å². The lowest BCUT2D eigenvalue weighted by molar-refractivity contribution is -0.00866. The fourth-order valence-electron chi connectivity index (χ4n) is 2.42. The van der Waals surface area contributed by atoms with E-state index in [2.05, 4.69) is 33.7 Å². The van der Waals surface area contributed by atoms with Crippen molar-refractivity contribution in [3.8, 4) is 5.75 Å². The minimum Gasteiger partial charge on any atom is -0.508 e. The minimum atomic E-state index is -0.702. The summed E-state index contributed by atoms with van der Waals surface area (Å²) in [6, 6.07) is 14.1. The van der Waals surface area contributed by atoms with Crippen LogP contribution >= 0.6 is 0 Å². The van der Waals surface area contributed by atoms with Crippen molar-refractivity contribution in [3.05, 3.63) is 65.2 Å². The maximum atomic E-state index is 11.3. The molecule has 0 spiro atoms. The Morgan fingerprint density at radius 2 is 1.59 bits per heavy atom. The Kier molecular flexibility index (Phi) is 7.82. The van der Waals surface area contributed by atoms with Crippen LogP contribution in [-0.2, 0) is 20.8 Å². The molecule has 0 amide bonds. The second-order valence-electron chi connectivity index (χ2n) is 6.06. The molecule has 1 N–H and O–H groups in total. The predicted octanol–water partition coefficient (Wildman–Crippen LogP) is 3.72. The molecular formula is C21H24O6. The SMILES string of the molecule is COC(=O)c1ccc(O)cc1C(=O)OC.c1ccc(COC2CCC2)cc1. The van der Waals surface area contributed by atoms with Gasteiger partial charge in [-0.15, -0.1) is 0 Å². The maximum absolute atomic E-state index is 11.3. The number of aromatic hydroxyl groups is 1. The number of hydrogen-bond donors (Lipinski definition) is 1. The zero-order valence-corrected chi connectivity index (χ0v) is 15.5. The Balaban J connectivity index is 0.000000198. The number of rotatable bonds is 5. The Hall–Kier alpha value is -2.86. The van der Waals surface area contributed by atoms with Gasteiger partial charge in [0.25, 0.3) is 0 Å². The van der Waals surface area contributed by atoms with E-state index in [1.807, 2.05) is 6.07 Å². The second-order valence-corrected chi connectivity index (χ2v) is 6.06. The molecule has 2 aromatic rings. The van der Waals surface area contributed by atoms with Crippen molar-refractivity contribution in [2.24, 2.45) is 0 Å². The maximum Gasteiger partial charge on any atom is 0.338 e. The molecule has 0 unspecified atom stereocenters. The molecule has 1 aliphatic rings. The summed E-state index contributed by atoms with van der Waals surface area (Å²) < 4.78 is 14.6. The highest BCUT2D eigenvalue weighted by molar-refractivity contribution is 6.03. The van der Waals surface area contributed by atoms with E-state index < -0.39 is 11.9 Å². The zero-order valence-electron chi connectivity index (χ0n) is 15.5. The van der Waals surface area contributed by atoms with Crippen molar-refractivity contribution >= 4 is 11.9 Å². The van der Waals surface area contributed by atoms with Crippen molar-refractivity contribution in [1.29, 1.82) is 0 Å². The van der Waals surface area contributed by atoms with Gasteiger partial charge in [-0.3, -0.25) is 0 Å². The van der Waals surface area contributed by atoms with E-state index in [0.717, 1.165) is 12.7 Å². The van der Waals surface area contributed by atoms with Crippen LogP contribution in [0.3, 0.4) is 0 Å². The molecule has 0 saturated heterocycles. The van der Waals surface area contributed by atoms with Gasteiger partial charge in [0, 0.05) is 0 Å². The number of carbonyl (C=O) groups excluding carboxylic acids is 2. The quantitative estimate of drug-likeness (QED) is 0.806. The van der Waals surface area contributed by atoms with Crippen LogP contribution in [0.5, 0.6) is 5.75 Å². The van der Waals surface area contributed by atoms with Crippen LogP contribution in [0, 0.1) is 0 Å². The first-order valence-electron chi connectivity index (χ1n) is 8.70. The summed E-state index contributed by atoms with van der Waals surface area (Å²) in [4.78, 5) is 22.5. The molecule has 0 aromatic heterocycles. The number of benzene rings is 2. The van der Waals surface area contributed by atoms with Crippen molar-refractivity contribution < 1.29 is 28.9 Å². The molecular weight excluding hydrogens is 348 g/mol. The smallest absolute Gasteiger partial charge is 0.338 e. The van der Waals surface area contributed by atoms with Crippen LogP contribution in [0.25, 0.3) is 0 Å². The van der Waals surface area contributed by atoms with Crippen LogP contribution in [0.4, 0.5) is 0 Å². The summed E-state index contributed by atoms with van der Waals surface area (Å²) in [6.07, 6.45) is 4.41. The van der Waals surface area contributed by atoms with Gasteiger partial charge < -0.3 is 19.3 Å². The van der Waals surface area contributed by atoms with Gasteiger partial charge in [0.1, 0.15) is 5.75 Å². The molecule has 6 nitrogen and oxygen atoms in total. The summed E-state index contributed by atoms with van der Waals surface area (Å²) in [5.41, 5.74) is 1.32. The van der Waals surface area contributed by atoms with Crippen molar-refractivity contribution in [3.63, 3.8) is 0 Å². The van der Waals surface area contributed by atoms with E-state index in [1.165, 1.54) is 51.2 Å². The van der Waals surface area contributed by atoms with Crippen LogP contribution in [0.2, 0.25) is 0 Å². The van der Waals surface area contributed by atoms with E-state index >= 15 is 0 Å². The van der Waals surface area contributed by atoms with E-state index in [9.17, 15) is 14.7 Å². The summed E-state index contributed by atoms with van der Waals surface area (Å²) >= 11 is 0. The number of phenols is 1. The lowest BCUT2D eigenvalue weighted by atomic mass is 9.96. The van der Waals surface area contributed by atoms with E-state index in [-0.39, 0.29) is 16.9 Å². The second kappa shape index (κ2) is 10.3. The van der Waals surface area contributed by atoms with Crippen molar-refractivity contribution in [1.82, 2.24) is 0 Å². The van der Waals surface area contributed by atoms with Crippen LogP contribution in [-0.4, -0.2) is 37.4 Å². The van der Waals surface area contributed by atoms with Gasteiger partial charge in [0.05, 0.1) is 38.1 Å². The molecule has 1 saturated carbocycles. The van der Waals surface area contributed by atoms with Crippen LogP contribution in [0.1, 0.15) is 45.5 Å². The molecule has 3 rings (SSSR count). The summed E-state index contributed by atoms with van der Waals surface area (Å²) in [6.45, 7) is 0.783. The van der Waals surface area contributed by atoms with E-state index in [4.69, 9.17) is 4.74 Å². The molecule has 1 aliphatic carbocycles. The first-order chi connectivity index (χ1) is 13.0. The highest BCUT2D eigenvalue weighted by atomic mass is 16.5.